The van der Waals surface area contributed by atoms with E-state index in [1.807, 2.05) is 80.1 Å². The lowest BCUT2D eigenvalue weighted by Crippen LogP contribution is -2.18. The van der Waals surface area contributed by atoms with Crippen molar-refractivity contribution in [2.45, 2.75) is 13.8 Å². The number of nitrogens with two attached hydrogens (primary N) is 1. The number of hydrogen-bond acceptors (Lipinski definition) is 11. The molecule has 3 heterocycles. The number of benzene rings is 4. The van der Waals surface area contributed by atoms with E-state index in [0.717, 1.165) is 37.0 Å². The van der Waals surface area contributed by atoms with Crippen molar-refractivity contribution in [2.24, 2.45) is 7.05 Å². The van der Waals surface area contributed by atoms with E-state index in [0.29, 0.717) is 50.4 Å². The Balaban J connectivity index is 0.000000227. The van der Waals surface area contributed by atoms with Gasteiger partial charge >= 0.3 is 0 Å². The molecule has 0 radical (unpaired) electrons. The van der Waals surface area contributed by atoms with E-state index in [-0.39, 0.29) is 17.5 Å². The van der Waals surface area contributed by atoms with E-state index in [9.17, 15) is 9.59 Å². The van der Waals surface area contributed by atoms with Crippen LogP contribution in [0.5, 0.6) is 23.0 Å². The number of nitrogens with one attached hydrogen (secondary N) is 5. The van der Waals surface area contributed by atoms with Crippen LogP contribution in [0.25, 0.3) is 11.0 Å². The van der Waals surface area contributed by atoms with Crippen molar-refractivity contribution in [3.8, 4) is 23.0 Å². The van der Waals surface area contributed by atoms with Gasteiger partial charge in [-0.15, -0.1) is 0 Å². The van der Waals surface area contributed by atoms with Crippen LogP contribution in [-0.4, -0.2) is 58.0 Å². The number of nitrogen functional groups attached to an aromatic ring is 1. The summed E-state index contributed by atoms with van der Waals surface area (Å²) in [4.78, 5) is 35.9. The molecule has 0 aliphatic carbocycles. The summed E-state index contributed by atoms with van der Waals surface area (Å²) >= 11 is 23.2. The molecule has 0 atom stereocenters. The second-order valence-corrected chi connectivity index (χ2v) is 15.2. The largest absolute Gasteiger partial charge is 0.457 e. The Labute approximate surface area is 397 Å². The molecule has 0 saturated heterocycles. The van der Waals surface area contributed by atoms with Gasteiger partial charge in [-0.05, 0) is 105 Å². The van der Waals surface area contributed by atoms with Crippen LogP contribution in [-0.2, 0) is 7.05 Å². The molecule has 328 valence electrons. The smallest absolute Gasteiger partial charge is 0.269 e. The predicted octanol–water partition coefficient (Wildman–Crippen LogP) is 11.6. The lowest BCUT2D eigenvalue weighted by Gasteiger charge is -2.10. The zero-order chi connectivity index (χ0) is 46.1. The summed E-state index contributed by atoms with van der Waals surface area (Å²) in [6, 6.07) is 28.6. The number of nitrogens with zero attached hydrogens (tertiary/aromatic N) is 4. The molecule has 63 heavy (non-hydrogen) atoms. The van der Waals surface area contributed by atoms with Crippen molar-refractivity contribution < 1.29 is 19.1 Å². The van der Waals surface area contributed by atoms with Crippen molar-refractivity contribution in [2.75, 3.05) is 42.8 Å². The highest BCUT2D eigenvalue weighted by atomic mass is 79.9. The fraction of sp³-hybridized carbons (Fsp3) is 0.136. The fourth-order valence-corrected chi connectivity index (χ4v) is 6.40. The van der Waals surface area contributed by atoms with Crippen LogP contribution in [0.1, 0.15) is 34.8 Å². The van der Waals surface area contributed by atoms with E-state index in [1.54, 1.807) is 63.6 Å². The van der Waals surface area contributed by atoms with E-state index >= 15 is 0 Å². The van der Waals surface area contributed by atoms with Crippen molar-refractivity contribution in [1.29, 1.82) is 0 Å². The fourth-order valence-electron chi connectivity index (χ4n) is 5.27. The zero-order valence-corrected chi connectivity index (χ0v) is 40.4. The molecular weight excluding hydrogens is 995 g/mol. The second-order valence-electron chi connectivity index (χ2n) is 12.4. The van der Waals surface area contributed by atoms with Crippen LogP contribution < -0.4 is 41.8 Å². The highest BCUT2D eigenvalue weighted by Crippen LogP contribution is 2.31. The summed E-state index contributed by atoms with van der Waals surface area (Å²) in [7, 11) is 6.84. The number of hydrogen-bond donors (Lipinski definition) is 6. The van der Waals surface area contributed by atoms with E-state index in [1.165, 1.54) is 17.9 Å². The number of carbonyl (C=O) groups is 2. The summed E-state index contributed by atoms with van der Waals surface area (Å²) in [6.07, 6.45) is 3.05. The third-order valence-electron chi connectivity index (χ3n) is 8.32. The minimum absolute atomic E-state index is 0.263. The Kier molecular flexibility index (Phi) is 19.4. The van der Waals surface area contributed by atoms with Crippen LogP contribution in [0.4, 0.5) is 28.7 Å². The van der Waals surface area contributed by atoms with Gasteiger partial charge in [-0.3, -0.25) is 19.6 Å². The summed E-state index contributed by atoms with van der Waals surface area (Å²) in [5, 5.41) is 15.5. The molecule has 7 rings (SSSR count). The first-order chi connectivity index (χ1) is 30.3. The van der Waals surface area contributed by atoms with Gasteiger partial charge in [0.2, 0.25) is 5.95 Å². The maximum Gasteiger partial charge on any atom is 0.269 e. The van der Waals surface area contributed by atoms with Crippen molar-refractivity contribution in [3.63, 3.8) is 0 Å². The summed E-state index contributed by atoms with van der Waals surface area (Å²) in [5.74, 6) is 2.39. The Morgan fingerprint density at radius 2 is 1.22 bits per heavy atom. The van der Waals surface area contributed by atoms with Gasteiger partial charge in [0, 0.05) is 85.2 Å². The normalized spacial score (nSPS) is 10.0. The number of amides is 2. The molecule has 0 spiro atoms. The number of imidazole rings is 1. The number of thiocarbonyl (C=S) groups is 1. The maximum atomic E-state index is 11.8. The van der Waals surface area contributed by atoms with Crippen LogP contribution in [0.15, 0.2) is 118 Å². The highest BCUT2D eigenvalue weighted by Gasteiger charge is 2.12. The number of pyridine rings is 2. The molecule has 14 nitrogen and oxygen atoms in total. The Morgan fingerprint density at radius 1 is 0.714 bits per heavy atom. The van der Waals surface area contributed by atoms with Gasteiger partial charge < -0.3 is 46.4 Å². The Morgan fingerprint density at radius 3 is 1.73 bits per heavy atom. The first kappa shape index (κ1) is 49.7. The van der Waals surface area contributed by atoms with Gasteiger partial charge in [0.15, 0.2) is 0 Å². The minimum Gasteiger partial charge on any atom is -0.457 e. The Bertz CT molecular complexity index is 2690. The Hall–Kier alpha value is -5.98. The average Bonchev–Trinajstić information content (AvgIpc) is 3.60. The number of fused-ring (bicyclic) bond motifs is 1. The van der Waals surface area contributed by atoms with E-state index in [4.69, 9.17) is 38.4 Å². The van der Waals surface area contributed by atoms with Crippen molar-refractivity contribution in [3.05, 3.63) is 140 Å². The van der Waals surface area contributed by atoms with Gasteiger partial charge in [-0.25, -0.2) is 4.98 Å². The molecule has 0 bridgehead atoms. The van der Waals surface area contributed by atoms with Crippen molar-refractivity contribution >= 4 is 124 Å². The van der Waals surface area contributed by atoms with Gasteiger partial charge in [-0.1, -0.05) is 49.3 Å². The molecule has 7 aromatic rings. The van der Waals surface area contributed by atoms with Crippen molar-refractivity contribution in [1.82, 2.24) is 30.2 Å². The molecule has 0 aliphatic heterocycles. The van der Waals surface area contributed by atoms with Gasteiger partial charge in [0.1, 0.15) is 34.4 Å². The standard InChI is InChI=1S/C21H17BrClN5O2.C14H16N4O2.C7H5BrClNS.C2H6/c1-24-20(29)18-11-14(7-8-25-18)30-13-4-6-19-17(10-13)27-21(28(19)2)26-12-3-5-16(23)15(22)9-12;1-16-12-4-3-9(7-11(12)15)20-10-5-6-18-13(8-10)14(19)17-2;8-6-3-5(10-4-11)1-2-7(6)9;1-2/h3-11H,1-2H3,(H,24,29)(H,26,27);3-8,16H,15H2,1-2H3,(H,17,19);1-4H,(H,10,11);1-2H3. The molecule has 4 aromatic carbocycles. The number of ether oxygens (including phenoxy) is 2. The second kappa shape index (κ2) is 24.6. The number of anilines is 5. The summed E-state index contributed by atoms with van der Waals surface area (Å²) < 4.78 is 15.2. The zero-order valence-electron chi connectivity index (χ0n) is 34.9. The quantitative estimate of drug-likeness (QED) is 0.0534. The molecular formula is C44H44Br2Cl2N10O4S. The first-order valence-corrected chi connectivity index (χ1v) is 21.8. The molecule has 0 unspecified atom stereocenters. The number of aryl methyl sites for hydroxylation is 1. The average molecular weight is 1040 g/mol. The molecule has 0 fully saturated rings. The third kappa shape index (κ3) is 14.3. The molecule has 3 aromatic heterocycles. The molecule has 19 heteroatoms. The number of aromatic nitrogens is 4. The van der Waals surface area contributed by atoms with Crippen LogP contribution in [0, 0.1) is 0 Å². The molecule has 0 aliphatic rings. The van der Waals surface area contributed by atoms with Crippen LogP contribution >= 0.6 is 67.3 Å². The topological polar surface area (TPSA) is 182 Å². The van der Waals surface area contributed by atoms with Gasteiger partial charge in [-0.2, -0.15) is 0 Å². The maximum absolute atomic E-state index is 11.8. The van der Waals surface area contributed by atoms with E-state index in [2.05, 4.69) is 85.6 Å². The molecule has 0 saturated carbocycles. The van der Waals surface area contributed by atoms with Crippen LogP contribution in [0.2, 0.25) is 10.0 Å². The summed E-state index contributed by atoms with van der Waals surface area (Å²) in [6.45, 7) is 4.00. The van der Waals surface area contributed by atoms with Crippen LogP contribution in [0.3, 0.4) is 0 Å². The minimum atomic E-state index is -0.273. The highest BCUT2D eigenvalue weighted by molar-refractivity contribution is 9.10. The molecule has 2 amide bonds. The number of rotatable bonds is 11. The third-order valence-corrected chi connectivity index (χ3v) is 10.9. The van der Waals surface area contributed by atoms with Gasteiger partial charge in [0.05, 0.1) is 37.9 Å². The first-order valence-electron chi connectivity index (χ1n) is 18.9. The number of carbonyl (C=O) groups excluding carboxylic acids is 2. The lowest BCUT2D eigenvalue weighted by atomic mass is 10.2. The van der Waals surface area contributed by atoms with Gasteiger partial charge in [0.25, 0.3) is 11.8 Å². The molecule has 7 N–H and O–H groups in total. The number of halogens is 4. The monoisotopic (exact) mass is 1040 g/mol. The predicted molar refractivity (Wildman–Crippen MR) is 267 cm³/mol. The summed E-state index contributed by atoms with van der Waals surface area (Å²) in [5.41, 5.74) is 12.8. The lowest BCUT2D eigenvalue weighted by molar-refractivity contribution is 0.0950. The van der Waals surface area contributed by atoms with E-state index < -0.39 is 0 Å². The SMILES string of the molecule is CC.CNC(=O)c1cc(Oc2ccc(NC)c(N)c2)ccn1.CNC(=O)c1cc(Oc2ccc3c(c2)nc(Nc2ccc(Cl)c(Br)c2)n3C)ccn1.S=CNc1ccc(Cl)c(Br)c1.